The van der Waals surface area contributed by atoms with Gasteiger partial charge in [0.2, 0.25) is 10.0 Å². The second-order valence-electron chi connectivity index (χ2n) is 4.95. The zero-order valence-electron chi connectivity index (χ0n) is 12.2. The average Bonchev–Trinajstić information content (AvgIpc) is 3.06. The minimum absolute atomic E-state index is 0.242. The molecule has 2 aromatic rings. The number of rotatable bonds is 8. The van der Waals surface area contributed by atoms with Crippen molar-refractivity contribution in [1.82, 2.24) is 15.0 Å². The largest absolute Gasteiger partial charge is 0.469 e. The average molecular weight is 311 g/mol. The van der Waals surface area contributed by atoms with Crippen molar-refractivity contribution in [1.29, 1.82) is 0 Å². The molecule has 21 heavy (non-hydrogen) atoms. The van der Waals surface area contributed by atoms with E-state index in [1.807, 2.05) is 19.9 Å². The van der Waals surface area contributed by atoms with E-state index < -0.39 is 10.0 Å². The predicted octanol–water partition coefficient (Wildman–Crippen LogP) is 1.63. The van der Waals surface area contributed by atoms with E-state index >= 15 is 0 Å². The van der Waals surface area contributed by atoms with Gasteiger partial charge in [0.1, 0.15) is 5.76 Å². The van der Waals surface area contributed by atoms with Crippen LogP contribution >= 0.6 is 0 Å². The van der Waals surface area contributed by atoms with Crippen molar-refractivity contribution in [3.05, 3.63) is 42.1 Å². The van der Waals surface area contributed by atoms with Gasteiger partial charge in [-0.05, 0) is 31.7 Å². The first-order valence-corrected chi connectivity index (χ1v) is 8.42. The van der Waals surface area contributed by atoms with Crippen molar-refractivity contribution in [2.75, 3.05) is 6.54 Å². The standard InChI is InChI=1S/C14H21N3O3S/c1-3-15-9-12-8-14(10-16-12)21(18,19)17-11(2)7-13-5-4-6-20-13/h4-6,8,10-11,15-17H,3,7,9H2,1-2H3. The molecule has 0 spiro atoms. The van der Waals surface area contributed by atoms with Crippen LogP contribution in [0.5, 0.6) is 0 Å². The lowest BCUT2D eigenvalue weighted by molar-refractivity contribution is 0.479. The number of hydrogen-bond donors (Lipinski definition) is 3. The molecule has 0 aromatic carbocycles. The van der Waals surface area contributed by atoms with Gasteiger partial charge in [-0.1, -0.05) is 6.92 Å². The minimum Gasteiger partial charge on any atom is -0.469 e. The molecule has 1 atom stereocenters. The highest BCUT2D eigenvalue weighted by Gasteiger charge is 2.19. The molecular weight excluding hydrogens is 290 g/mol. The van der Waals surface area contributed by atoms with E-state index in [1.165, 1.54) is 6.20 Å². The van der Waals surface area contributed by atoms with E-state index in [-0.39, 0.29) is 10.9 Å². The molecule has 2 aromatic heterocycles. The van der Waals surface area contributed by atoms with Gasteiger partial charge >= 0.3 is 0 Å². The molecule has 7 heteroatoms. The smallest absolute Gasteiger partial charge is 0.242 e. The van der Waals surface area contributed by atoms with Gasteiger partial charge in [0.05, 0.1) is 11.2 Å². The van der Waals surface area contributed by atoms with Crippen LogP contribution in [0.25, 0.3) is 0 Å². The molecule has 6 nitrogen and oxygen atoms in total. The second kappa shape index (κ2) is 6.93. The topological polar surface area (TPSA) is 87.1 Å². The molecular formula is C14H21N3O3S. The molecule has 0 aliphatic carbocycles. The van der Waals surface area contributed by atoms with Crippen LogP contribution < -0.4 is 10.0 Å². The van der Waals surface area contributed by atoms with Crippen molar-refractivity contribution in [2.24, 2.45) is 0 Å². The van der Waals surface area contributed by atoms with Crippen molar-refractivity contribution in [3.63, 3.8) is 0 Å². The summed E-state index contributed by atoms with van der Waals surface area (Å²) >= 11 is 0. The first-order chi connectivity index (χ1) is 10.0. The zero-order valence-corrected chi connectivity index (χ0v) is 13.0. The van der Waals surface area contributed by atoms with Gasteiger partial charge in [-0.25, -0.2) is 13.1 Å². The maximum absolute atomic E-state index is 12.3. The third kappa shape index (κ3) is 4.45. The fraction of sp³-hybridized carbons (Fsp3) is 0.429. The van der Waals surface area contributed by atoms with E-state index in [0.717, 1.165) is 18.0 Å². The summed E-state index contributed by atoms with van der Waals surface area (Å²) in [5.41, 5.74) is 0.843. The first kappa shape index (κ1) is 15.8. The Morgan fingerprint density at radius 3 is 2.90 bits per heavy atom. The zero-order chi connectivity index (χ0) is 15.3. The van der Waals surface area contributed by atoms with Gasteiger partial charge in [-0.15, -0.1) is 0 Å². The lowest BCUT2D eigenvalue weighted by Gasteiger charge is -2.11. The number of hydrogen-bond acceptors (Lipinski definition) is 4. The summed E-state index contributed by atoms with van der Waals surface area (Å²) in [6.45, 7) is 5.26. The van der Waals surface area contributed by atoms with Crippen LogP contribution in [-0.4, -0.2) is 26.0 Å². The van der Waals surface area contributed by atoms with Gasteiger partial charge < -0.3 is 14.7 Å². The Hall–Kier alpha value is -1.57. The summed E-state index contributed by atoms with van der Waals surface area (Å²) in [4.78, 5) is 3.22. The summed E-state index contributed by atoms with van der Waals surface area (Å²) in [7, 11) is -3.52. The Bertz CT molecular complexity index is 647. The highest BCUT2D eigenvalue weighted by atomic mass is 32.2. The molecule has 0 radical (unpaired) electrons. The van der Waals surface area contributed by atoms with E-state index in [4.69, 9.17) is 4.42 Å². The SMILES string of the molecule is CCNCc1cc(S(=O)(=O)NC(C)Cc2ccco2)c[nH]1. The van der Waals surface area contributed by atoms with E-state index in [9.17, 15) is 8.42 Å². The summed E-state index contributed by atoms with van der Waals surface area (Å²) in [6.07, 6.45) is 3.60. The molecule has 0 aliphatic rings. The highest BCUT2D eigenvalue weighted by Crippen LogP contribution is 2.12. The van der Waals surface area contributed by atoms with Crippen LogP contribution in [0, 0.1) is 0 Å². The number of nitrogens with one attached hydrogen (secondary N) is 3. The Morgan fingerprint density at radius 2 is 2.24 bits per heavy atom. The molecule has 3 N–H and O–H groups in total. The summed E-state index contributed by atoms with van der Waals surface area (Å²) in [5, 5.41) is 3.14. The van der Waals surface area contributed by atoms with Crippen molar-refractivity contribution in [3.8, 4) is 0 Å². The molecule has 116 valence electrons. The second-order valence-corrected chi connectivity index (χ2v) is 6.66. The molecule has 0 saturated carbocycles. The maximum atomic E-state index is 12.3. The van der Waals surface area contributed by atoms with Gasteiger partial charge in [0.25, 0.3) is 0 Å². The molecule has 0 amide bonds. The van der Waals surface area contributed by atoms with E-state index in [0.29, 0.717) is 13.0 Å². The van der Waals surface area contributed by atoms with Crippen LogP contribution in [0.4, 0.5) is 0 Å². The summed E-state index contributed by atoms with van der Waals surface area (Å²) in [5.74, 6) is 0.757. The minimum atomic E-state index is -3.52. The number of aromatic nitrogens is 1. The maximum Gasteiger partial charge on any atom is 0.242 e. The van der Waals surface area contributed by atoms with Crippen molar-refractivity contribution < 1.29 is 12.8 Å². The van der Waals surface area contributed by atoms with Crippen LogP contribution in [0.1, 0.15) is 25.3 Å². The number of H-pyrrole nitrogens is 1. The Labute approximate surface area is 125 Å². The third-order valence-electron chi connectivity index (χ3n) is 3.04. The molecule has 0 fully saturated rings. The first-order valence-electron chi connectivity index (χ1n) is 6.94. The van der Waals surface area contributed by atoms with Gasteiger partial charge in [-0.2, -0.15) is 0 Å². The van der Waals surface area contributed by atoms with Gasteiger partial charge in [0.15, 0.2) is 0 Å². The highest BCUT2D eigenvalue weighted by molar-refractivity contribution is 7.89. The van der Waals surface area contributed by atoms with Crippen molar-refractivity contribution in [2.45, 2.75) is 37.8 Å². The molecule has 2 rings (SSSR count). The fourth-order valence-corrected chi connectivity index (χ4v) is 3.30. The lowest BCUT2D eigenvalue weighted by atomic mass is 10.2. The van der Waals surface area contributed by atoms with Crippen LogP contribution in [0.2, 0.25) is 0 Å². The summed E-state index contributed by atoms with van der Waals surface area (Å²) < 4.78 is 32.4. The Kier molecular flexibility index (Phi) is 5.22. The lowest BCUT2D eigenvalue weighted by Crippen LogP contribution is -2.33. The monoisotopic (exact) mass is 311 g/mol. The van der Waals surface area contributed by atoms with Crippen LogP contribution in [0.15, 0.2) is 40.0 Å². The van der Waals surface area contributed by atoms with E-state index in [2.05, 4.69) is 15.0 Å². The predicted molar refractivity (Wildman–Crippen MR) is 80.4 cm³/mol. The molecule has 2 heterocycles. The Balaban J connectivity index is 1.98. The fourth-order valence-electron chi connectivity index (χ4n) is 2.04. The quantitative estimate of drug-likeness (QED) is 0.691. The normalized spacial score (nSPS) is 13.4. The Morgan fingerprint density at radius 1 is 1.43 bits per heavy atom. The molecule has 0 bridgehead atoms. The van der Waals surface area contributed by atoms with Crippen LogP contribution in [-0.2, 0) is 23.0 Å². The van der Waals surface area contributed by atoms with E-state index in [1.54, 1.807) is 18.4 Å². The number of aromatic amines is 1. The van der Waals surface area contributed by atoms with Crippen LogP contribution in [0.3, 0.4) is 0 Å². The molecule has 1 unspecified atom stereocenters. The van der Waals surface area contributed by atoms with Crippen molar-refractivity contribution >= 4 is 10.0 Å². The summed E-state index contributed by atoms with van der Waals surface area (Å²) in [6, 6.07) is 5.02. The third-order valence-corrected chi connectivity index (χ3v) is 4.60. The molecule has 0 saturated heterocycles. The van der Waals surface area contributed by atoms with Gasteiger partial charge in [-0.3, -0.25) is 0 Å². The number of furan rings is 1. The number of sulfonamides is 1. The molecule has 0 aliphatic heterocycles. The van der Waals surface area contributed by atoms with Gasteiger partial charge in [0, 0.05) is 30.9 Å².